The highest BCUT2D eigenvalue weighted by atomic mass is 16.4. The van der Waals surface area contributed by atoms with E-state index >= 15 is 0 Å². The number of carbonyl (C=O) groups is 1. The van der Waals surface area contributed by atoms with E-state index in [0.717, 1.165) is 36.9 Å². The van der Waals surface area contributed by atoms with Crippen LogP contribution in [-0.4, -0.2) is 21.0 Å². The number of nitrogens with one attached hydrogen (secondary N) is 1. The van der Waals surface area contributed by atoms with Gasteiger partial charge in [-0.3, -0.25) is 9.59 Å². The number of H-pyrrole nitrogens is 1. The summed E-state index contributed by atoms with van der Waals surface area (Å²) in [5.74, 6) is -0.381. The number of hydrogen-bond donors (Lipinski definition) is 2. The molecule has 0 aliphatic heterocycles. The Balaban J connectivity index is 2.25. The number of carboxylic acid groups (broad SMARTS) is 1. The lowest BCUT2D eigenvalue weighted by atomic mass is 9.97. The van der Waals surface area contributed by atoms with Gasteiger partial charge >= 0.3 is 5.97 Å². The van der Waals surface area contributed by atoms with Gasteiger partial charge in [0.2, 0.25) is 0 Å². The fourth-order valence-electron chi connectivity index (χ4n) is 2.00. The fourth-order valence-corrected chi connectivity index (χ4v) is 2.00. The minimum absolute atomic E-state index is 0.00171. The van der Waals surface area contributed by atoms with Crippen LogP contribution in [0.2, 0.25) is 0 Å². The third kappa shape index (κ3) is 2.29. The van der Waals surface area contributed by atoms with Crippen molar-refractivity contribution >= 4 is 5.97 Å². The molecule has 0 saturated heterocycles. The predicted octanol–water partition coefficient (Wildman–Crippen LogP) is 0.666. The van der Waals surface area contributed by atoms with Gasteiger partial charge in [-0.25, -0.2) is 4.98 Å². The number of aliphatic carboxylic acids is 1. The Morgan fingerprint density at radius 3 is 2.88 bits per heavy atom. The predicted molar refractivity (Wildman–Crippen MR) is 57.5 cm³/mol. The first kappa shape index (κ1) is 10.9. The van der Waals surface area contributed by atoms with Gasteiger partial charge in [0.1, 0.15) is 5.82 Å². The Morgan fingerprint density at radius 1 is 1.38 bits per heavy atom. The molecule has 0 aromatic carbocycles. The summed E-state index contributed by atoms with van der Waals surface area (Å²) in [4.78, 5) is 29.1. The molecule has 1 aliphatic rings. The molecule has 16 heavy (non-hydrogen) atoms. The molecule has 86 valence electrons. The van der Waals surface area contributed by atoms with E-state index in [-0.39, 0.29) is 18.4 Å². The monoisotopic (exact) mass is 222 g/mol. The van der Waals surface area contributed by atoms with E-state index in [9.17, 15) is 9.59 Å². The molecule has 2 rings (SSSR count). The van der Waals surface area contributed by atoms with Crippen molar-refractivity contribution in [2.24, 2.45) is 0 Å². The van der Waals surface area contributed by atoms with Crippen LogP contribution in [0.5, 0.6) is 0 Å². The first-order chi connectivity index (χ1) is 7.66. The highest BCUT2D eigenvalue weighted by Gasteiger charge is 2.15. The number of carboxylic acids is 1. The number of aromatic nitrogens is 2. The Morgan fingerprint density at radius 2 is 2.12 bits per heavy atom. The average Bonchev–Trinajstić information content (AvgIpc) is 2.26. The van der Waals surface area contributed by atoms with Gasteiger partial charge in [0.15, 0.2) is 0 Å². The van der Waals surface area contributed by atoms with Crippen LogP contribution in [0.25, 0.3) is 0 Å². The second-order valence-corrected chi connectivity index (χ2v) is 4.04. The molecule has 1 aliphatic carbocycles. The Bertz CT molecular complexity index is 465. The molecule has 1 heterocycles. The summed E-state index contributed by atoms with van der Waals surface area (Å²) in [5, 5.41) is 8.56. The van der Waals surface area contributed by atoms with Crippen LogP contribution in [-0.2, 0) is 24.1 Å². The summed E-state index contributed by atoms with van der Waals surface area (Å²) in [5.41, 5.74) is 1.55. The van der Waals surface area contributed by atoms with Gasteiger partial charge in [0, 0.05) is 12.0 Å². The largest absolute Gasteiger partial charge is 0.481 e. The van der Waals surface area contributed by atoms with Crippen molar-refractivity contribution in [3.63, 3.8) is 0 Å². The average molecular weight is 222 g/mol. The molecule has 0 bridgehead atoms. The third-order valence-corrected chi connectivity index (χ3v) is 2.82. The summed E-state index contributed by atoms with van der Waals surface area (Å²) in [6.07, 6.45) is 4.00. The highest BCUT2D eigenvalue weighted by Crippen LogP contribution is 2.15. The molecule has 2 N–H and O–H groups in total. The molecule has 1 aromatic rings. The minimum Gasteiger partial charge on any atom is -0.481 e. The zero-order valence-electron chi connectivity index (χ0n) is 8.95. The number of hydrogen-bond acceptors (Lipinski definition) is 3. The van der Waals surface area contributed by atoms with Gasteiger partial charge in [-0.15, -0.1) is 0 Å². The SMILES string of the molecule is O=C(O)CCc1nc2c(c(=O)[nH]1)CCCC2. The number of aromatic amines is 1. The van der Waals surface area contributed by atoms with E-state index in [2.05, 4.69) is 9.97 Å². The Hall–Kier alpha value is -1.65. The highest BCUT2D eigenvalue weighted by molar-refractivity contribution is 5.66. The quantitative estimate of drug-likeness (QED) is 0.787. The molecule has 5 nitrogen and oxygen atoms in total. The normalized spacial score (nSPS) is 14.5. The van der Waals surface area contributed by atoms with Crippen molar-refractivity contribution in [1.29, 1.82) is 0 Å². The van der Waals surface area contributed by atoms with Crippen molar-refractivity contribution in [3.05, 3.63) is 27.4 Å². The first-order valence-corrected chi connectivity index (χ1v) is 5.49. The summed E-state index contributed by atoms with van der Waals surface area (Å²) < 4.78 is 0. The molecule has 0 saturated carbocycles. The van der Waals surface area contributed by atoms with Crippen molar-refractivity contribution in [3.8, 4) is 0 Å². The molecule has 5 heteroatoms. The summed E-state index contributed by atoms with van der Waals surface area (Å²) >= 11 is 0. The van der Waals surface area contributed by atoms with E-state index in [1.807, 2.05) is 0 Å². The molecule has 0 spiro atoms. The molecule has 0 amide bonds. The lowest BCUT2D eigenvalue weighted by Crippen LogP contribution is -2.23. The van der Waals surface area contributed by atoms with Crippen molar-refractivity contribution in [1.82, 2.24) is 9.97 Å². The van der Waals surface area contributed by atoms with Gasteiger partial charge in [-0.1, -0.05) is 0 Å². The van der Waals surface area contributed by atoms with E-state index in [1.165, 1.54) is 0 Å². The second-order valence-electron chi connectivity index (χ2n) is 4.04. The zero-order valence-corrected chi connectivity index (χ0v) is 8.95. The van der Waals surface area contributed by atoms with E-state index in [0.29, 0.717) is 5.82 Å². The molecule has 0 fully saturated rings. The van der Waals surface area contributed by atoms with Crippen molar-refractivity contribution in [2.75, 3.05) is 0 Å². The fraction of sp³-hybridized carbons (Fsp3) is 0.545. The molecule has 1 aromatic heterocycles. The van der Waals surface area contributed by atoms with Crippen LogP contribution in [0, 0.1) is 0 Å². The molecule has 0 radical (unpaired) electrons. The maximum Gasteiger partial charge on any atom is 0.303 e. The maximum atomic E-state index is 11.7. The number of rotatable bonds is 3. The second kappa shape index (κ2) is 4.47. The maximum absolute atomic E-state index is 11.7. The summed E-state index contributed by atoms with van der Waals surface area (Å²) in [6.45, 7) is 0. The number of nitrogens with zero attached hydrogens (tertiary/aromatic N) is 1. The summed E-state index contributed by atoms with van der Waals surface area (Å²) in [7, 11) is 0. The van der Waals surface area contributed by atoms with Crippen LogP contribution in [0.1, 0.15) is 36.3 Å². The zero-order chi connectivity index (χ0) is 11.5. The lowest BCUT2D eigenvalue weighted by Gasteiger charge is -2.14. The topological polar surface area (TPSA) is 83.0 Å². The lowest BCUT2D eigenvalue weighted by molar-refractivity contribution is -0.137. The standard InChI is InChI=1S/C11H14N2O3/c14-10(15)6-5-9-12-8-4-2-1-3-7(8)11(16)13-9/h1-6H2,(H,14,15)(H,12,13,16). The van der Waals surface area contributed by atoms with E-state index in [4.69, 9.17) is 5.11 Å². The number of fused-ring (bicyclic) bond motifs is 1. The van der Waals surface area contributed by atoms with Gasteiger partial charge in [-0.05, 0) is 25.7 Å². The molecular weight excluding hydrogens is 208 g/mol. The Labute approximate surface area is 92.5 Å². The van der Waals surface area contributed by atoms with Crippen molar-refractivity contribution < 1.29 is 9.90 Å². The minimum atomic E-state index is -0.875. The number of aryl methyl sites for hydroxylation is 2. The van der Waals surface area contributed by atoms with Gasteiger partial charge in [-0.2, -0.15) is 0 Å². The van der Waals surface area contributed by atoms with Crippen LogP contribution >= 0.6 is 0 Å². The third-order valence-electron chi connectivity index (χ3n) is 2.82. The first-order valence-electron chi connectivity index (χ1n) is 5.49. The van der Waals surface area contributed by atoms with Crippen LogP contribution in [0.15, 0.2) is 4.79 Å². The van der Waals surface area contributed by atoms with Crippen molar-refractivity contribution in [2.45, 2.75) is 38.5 Å². The van der Waals surface area contributed by atoms with Gasteiger partial charge in [0.25, 0.3) is 5.56 Å². The van der Waals surface area contributed by atoms with Crippen LogP contribution in [0.4, 0.5) is 0 Å². The van der Waals surface area contributed by atoms with E-state index < -0.39 is 5.97 Å². The molecular formula is C11H14N2O3. The molecule has 0 unspecified atom stereocenters. The van der Waals surface area contributed by atoms with Crippen LogP contribution < -0.4 is 5.56 Å². The van der Waals surface area contributed by atoms with Gasteiger partial charge in [0.05, 0.1) is 12.1 Å². The van der Waals surface area contributed by atoms with E-state index in [1.54, 1.807) is 0 Å². The smallest absolute Gasteiger partial charge is 0.303 e. The summed E-state index contributed by atoms with van der Waals surface area (Å²) in [6, 6.07) is 0. The van der Waals surface area contributed by atoms with Crippen LogP contribution in [0.3, 0.4) is 0 Å². The molecule has 0 atom stereocenters. The Kier molecular flexibility index (Phi) is 3.03. The van der Waals surface area contributed by atoms with Gasteiger partial charge < -0.3 is 10.1 Å².